The number of amides is 2. The van der Waals surface area contributed by atoms with Crippen LogP contribution >= 0.6 is 0 Å². The summed E-state index contributed by atoms with van der Waals surface area (Å²) in [6.45, 7) is 0. The van der Waals surface area contributed by atoms with Crippen LogP contribution in [0.5, 0.6) is 5.75 Å². The number of anilines is 2. The largest absolute Gasteiger partial charge is 0.508 e. The minimum atomic E-state index is -1.23. The highest BCUT2D eigenvalue weighted by Gasteiger charge is 2.60. The molecule has 2 aliphatic rings. The molecule has 33 heavy (non-hydrogen) atoms. The Balaban J connectivity index is 1.63. The lowest BCUT2D eigenvalue weighted by Gasteiger charge is -2.29. The molecular weight excluding hydrogens is 433 g/mol. The van der Waals surface area contributed by atoms with E-state index in [9.17, 15) is 29.2 Å². The van der Waals surface area contributed by atoms with Crippen LogP contribution in [0.4, 0.5) is 21.5 Å². The quantitative estimate of drug-likeness (QED) is 0.369. The third kappa shape index (κ3) is 3.28. The first-order chi connectivity index (χ1) is 15.9. The average molecular weight is 449 g/mol. The van der Waals surface area contributed by atoms with Gasteiger partial charge in [0.2, 0.25) is 5.91 Å². The highest BCUT2D eigenvalue weighted by atomic mass is 19.1. The number of fused-ring (bicyclic) bond motifs is 1. The molecule has 1 N–H and O–H groups in total. The molecule has 9 nitrogen and oxygen atoms in total. The number of para-hydroxylation sites is 1. The normalized spacial score (nSPS) is 22.0. The molecule has 0 saturated carbocycles. The van der Waals surface area contributed by atoms with Crippen LogP contribution in [-0.2, 0) is 14.4 Å². The summed E-state index contributed by atoms with van der Waals surface area (Å²) >= 11 is 0. The van der Waals surface area contributed by atoms with Crippen molar-refractivity contribution in [3.63, 3.8) is 0 Å². The first-order valence-electron chi connectivity index (χ1n) is 9.98. The standard InChI is InChI=1S/C23H16FN3O6/c24-13-6-8-14(9-7-13)25-22(29)19-20(17-12-16(27(31)32)10-11-18(17)28)26(33-21(19)23(25)30)15-4-2-1-3-5-15/h1-12,19-21,28H/t19-,20-,21-/m1/s1. The Hall–Kier alpha value is -4.31. The molecule has 0 spiro atoms. The number of imide groups is 1. The third-order valence-corrected chi connectivity index (χ3v) is 5.75. The predicted octanol–water partition coefficient (Wildman–Crippen LogP) is 3.49. The number of hydroxylamine groups is 1. The van der Waals surface area contributed by atoms with E-state index >= 15 is 0 Å². The first kappa shape index (κ1) is 20.6. The van der Waals surface area contributed by atoms with Crippen molar-refractivity contribution in [1.82, 2.24) is 0 Å². The van der Waals surface area contributed by atoms with Gasteiger partial charge in [0.15, 0.2) is 6.10 Å². The van der Waals surface area contributed by atoms with Crippen LogP contribution in [0.2, 0.25) is 0 Å². The fraction of sp³-hybridized carbons (Fsp3) is 0.130. The van der Waals surface area contributed by atoms with Gasteiger partial charge < -0.3 is 5.11 Å². The topological polar surface area (TPSA) is 113 Å². The average Bonchev–Trinajstić information content (AvgIpc) is 3.31. The number of hydrogen-bond acceptors (Lipinski definition) is 7. The number of benzene rings is 3. The second-order valence-corrected chi connectivity index (χ2v) is 7.65. The van der Waals surface area contributed by atoms with Crippen LogP contribution in [0, 0.1) is 21.8 Å². The number of nitrogens with zero attached hydrogens (tertiary/aromatic N) is 3. The van der Waals surface area contributed by atoms with Gasteiger partial charge in [-0.3, -0.25) is 24.5 Å². The van der Waals surface area contributed by atoms with Crippen LogP contribution < -0.4 is 9.96 Å². The second-order valence-electron chi connectivity index (χ2n) is 7.65. The van der Waals surface area contributed by atoms with Gasteiger partial charge in [0.25, 0.3) is 11.6 Å². The van der Waals surface area contributed by atoms with E-state index in [0.717, 1.165) is 23.1 Å². The Kier molecular flexibility index (Phi) is 4.79. The fourth-order valence-corrected chi connectivity index (χ4v) is 4.27. The maximum Gasteiger partial charge on any atom is 0.270 e. The molecule has 166 valence electrons. The number of phenolic OH excluding ortho intramolecular Hbond substituents is 1. The number of phenols is 1. The molecule has 0 radical (unpaired) electrons. The summed E-state index contributed by atoms with van der Waals surface area (Å²) in [4.78, 5) is 44.2. The molecule has 2 heterocycles. The van der Waals surface area contributed by atoms with Gasteiger partial charge in [0.05, 0.1) is 16.3 Å². The van der Waals surface area contributed by atoms with Crippen LogP contribution in [0.1, 0.15) is 11.6 Å². The van der Waals surface area contributed by atoms with Crippen molar-refractivity contribution in [2.24, 2.45) is 5.92 Å². The number of nitro groups is 1. The molecule has 2 amide bonds. The molecule has 2 fully saturated rings. The van der Waals surface area contributed by atoms with Gasteiger partial charge in [-0.1, -0.05) is 18.2 Å². The zero-order valence-corrected chi connectivity index (χ0v) is 16.9. The van der Waals surface area contributed by atoms with Crippen molar-refractivity contribution in [1.29, 1.82) is 0 Å². The van der Waals surface area contributed by atoms with Gasteiger partial charge in [0, 0.05) is 17.7 Å². The van der Waals surface area contributed by atoms with Gasteiger partial charge in [-0.25, -0.2) is 14.4 Å². The lowest BCUT2D eigenvalue weighted by Crippen LogP contribution is -2.37. The van der Waals surface area contributed by atoms with E-state index in [2.05, 4.69) is 0 Å². The number of rotatable bonds is 4. The smallest absolute Gasteiger partial charge is 0.270 e. The predicted molar refractivity (Wildman–Crippen MR) is 114 cm³/mol. The van der Waals surface area contributed by atoms with Crippen LogP contribution in [0.25, 0.3) is 0 Å². The molecule has 0 aromatic heterocycles. The third-order valence-electron chi connectivity index (χ3n) is 5.75. The maximum atomic E-state index is 13.5. The zero-order chi connectivity index (χ0) is 23.3. The monoisotopic (exact) mass is 449 g/mol. The Morgan fingerprint density at radius 2 is 1.64 bits per heavy atom. The van der Waals surface area contributed by atoms with Gasteiger partial charge in [-0.05, 0) is 42.5 Å². The van der Waals surface area contributed by atoms with E-state index in [0.29, 0.717) is 5.69 Å². The van der Waals surface area contributed by atoms with Crippen molar-refractivity contribution in [2.45, 2.75) is 12.1 Å². The van der Waals surface area contributed by atoms with E-state index < -0.39 is 40.6 Å². The van der Waals surface area contributed by atoms with E-state index in [1.807, 2.05) is 0 Å². The van der Waals surface area contributed by atoms with Crippen LogP contribution in [0.15, 0.2) is 72.8 Å². The molecule has 3 aromatic rings. The minimum absolute atomic E-state index is 0.0719. The number of aromatic hydroxyl groups is 1. The van der Waals surface area contributed by atoms with E-state index in [-0.39, 0.29) is 22.7 Å². The summed E-state index contributed by atoms with van der Waals surface area (Å²) in [6, 6.07) is 15.9. The molecule has 2 aliphatic heterocycles. The summed E-state index contributed by atoms with van der Waals surface area (Å²) in [5.74, 6) is -3.17. The lowest BCUT2D eigenvalue weighted by molar-refractivity contribution is -0.385. The number of carbonyl (C=O) groups is 2. The van der Waals surface area contributed by atoms with Gasteiger partial charge in [0.1, 0.15) is 23.5 Å². The van der Waals surface area contributed by atoms with Crippen LogP contribution in [-0.4, -0.2) is 27.9 Å². The number of halogens is 1. The summed E-state index contributed by atoms with van der Waals surface area (Å²) in [7, 11) is 0. The van der Waals surface area contributed by atoms with Crippen molar-refractivity contribution in [3.05, 3.63) is 94.3 Å². The highest BCUT2D eigenvalue weighted by Crippen LogP contribution is 2.49. The number of hydrogen-bond donors (Lipinski definition) is 1. The molecule has 0 aliphatic carbocycles. The van der Waals surface area contributed by atoms with Gasteiger partial charge in [-0.2, -0.15) is 0 Å². The molecule has 0 bridgehead atoms. The van der Waals surface area contributed by atoms with Crippen molar-refractivity contribution in [2.75, 3.05) is 9.96 Å². The number of carbonyl (C=O) groups excluding carboxylic acids is 2. The summed E-state index contributed by atoms with van der Waals surface area (Å²) in [6.07, 6.45) is -1.23. The second kappa shape index (κ2) is 7.68. The zero-order valence-electron chi connectivity index (χ0n) is 16.9. The molecule has 5 rings (SSSR count). The van der Waals surface area contributed by atoms with E-state index in [1.54, 1.807) is 30.3 Å². The van der Waals surface area contributed by atoms with Crippen molar-refractivity contribution >= 4 is 28.9 Å². The Bertz CT molecular complexity index is 1270. The first-order valence-corrected chi connectivity index (χ1v) is 9.98. The molecular formula is C23H16FN3O6. The number of nitro benzene ring substituents is 1. The molecule has 3 atom stereocenters. The van der Waals surface area contributed by atoms with Crippen molar-refractivity contribution in [3.8, 4) is 5.75 Å². The molecule has 3 aromatic carbocycles. The van der Waals surface area contributed by atoms with E-state index in [4.69, 9.17) is 4.84 Å². The minimum Gasteiger partial charge on any atom is -0.508 e. The van der Waals surface area contributed by atoms with Gasteiger partial charge in [-0.15, -0.1) is 0 Å². The summed E-state index contributed by atoms with van der Waals surface area (Å²) in [5, 5.41) is 23.3. The molecule has 0 unspecified atom stereocenters. The maximum absolute atomic E-state index is 13.5. The summed E-state index contributed by atoms with van der Waals surface area (Å²) < 4.78 is 13.4. The van der Waals surface area contributed by atoms with Crippen LogP contribution in [0.3, 0.4) is 0 Å². The number of non-ortho nitro benzene ring substituents is 1. The fourth-order valence-electron chi connectivity index (χ4n) is 4.27. The van der Waals surface area contributed by atoms with Crippen molar-refractivity contribution < 1.29 is 28.8 Å². The molecule has 10 heteroatoms. The molecule has 2 saturated heterocycles. The SMILES string of the molecule is O=C1[C@@H]2[C@@H](c3cc([N+](=O)[O-])ccc3O)N(c3ccccc3)O[C@H]2C(=O)N1c1ccc(F)cc1. The van der Waals surface area contributed by atoms with E-state index in [1.165, 1.54) is 29.3 Å². The highest BCUT2D eigenvalue weighted by molar-refractivity contribution is 6.23. The van der Waals surface area contributed by atoms with Gasteiger partial charge >= 0.3 is 0 Å². The Morgan fingerprint density at radius 1 is 0.939 bits per heavy atom. The summed E-state index contributed by atoms with van der Waals surface area (Å²) in [5.41, 5.74) is 0.462. The Labute approximate surface area is 186 Å². The Morgan fingerprint density at radius 3 is 2.30 bits per heavy atom. The lowest BCUT2D eigenvalue weighted by atomic mass is 9.89.